The molecule has 15 heavy (non-hydrogen) atoms. The van der Waals surface area contributed by atoms with Crippen LogP contribution in [-0.2, 0) is 6.54 Å². The van der Waals surface area contributed by atoms with Gasteiger partial charge in [0.05, 0.1) is 5.02 Å². The predicted octanol–water partition coefficient (Wildman–Crippen LogP) is 2.16. The number of rotatable bonds is 3. The lowest BCUT2D eigenvalue weighted by Gasteiger charge is -2.07. The molecule has 0 saturated carbocycles. The van der Waals surface area contributed by atoms with Gasteiger partial charge < -0.3 is 10.3 Å². The summed E-state index contributed by atoms with van der Waals surface area (Å²) in [6.07, 6.45) is 3.67. The van der Waals surface area contributed by atoms with Gasteiger partial charge in [0.25, 0.3) is 0 Å². The van der Waals surface area contributed by atoms with E-state index in [0.717, 1.165) is 17.9 Å². The maximum atomic E-state index is 6.10. The Kier molecular flexibility index (Phi) is 3.04. The highest BCUT2D eigenvalue weighted by atomic mass is 35.5. The lowest BCUT2D eigenvalue weighted by Crippen LogP contribution is -2.10. The first-order valence-electron chi connectivity index (χ1n) is 4.79. The zero-order valence-corrected chi connectivity index (χ0v) is 8.98. The minimum absolute atomic E-state index is 0.591. The Bertz CT molecular complexity index is 451. The van der Waals surface area contributed by atoms with E-state index in [1.807, 2.05) is 35.0 Å². The highest BCUT2D eigenvalue weighted by molar-refractivity contribution is 6.33. The van der Waals surface area contributed by atoms with Gasteiger partial charge in [0.15, 0.2) is 0 Å². The van der Waals surface area contributed by atoms with Gasteiger partial charge in [-0.15, -0.1) is 0 Å². The molecule has 2 N–H and O–H groups in total. The van der Waals surface area contributed by atoms with Crippen LogP contribution in [0.2, 0.25) is 5.02 Å². The average molecular weight is 222 g/mol. The number of aromatic nitrogens is 2. The van der Waals surface area contributed by atoms with Gasteiger partial charge in [0, 0.05) is 31.0 Å². The third-order valence-corrected chi connectivity index (χ3v) is 2.53. The van der Waals surface area contributed by atoms with Crippen LogP contribution >= 0.6 is 11.6 Å². The predicted molar refractivity (Wildman–Crippen MR) is 61.7 cm³/mol. The summed E-state index contributed by atoms with van der Waals surface area (Å²) in [5.74, 6) is 0.867. The van der Waals surface area contributed by atoms with Gasteiger partial charge in [-0.05, 0) is 12.1 Å². The van der Waals surface area contributed by atoms with Crippen LogP contribution in [0.1, 0.15) is 0 Å². The van der Waals surface area contributed by atoms with Crippen molar-refractivity contribution in [3.63, 3.8) is 0 Å². The summed E-state index contributed by atoms with van der Waals surface area (Å²) in [5, 5.41) is 0.710. The average Bonchev–Trinajstić information content (AvgIpc) is 2.67. The summed E-state index contributed by atoms with van der Waals surface area (Å²) in [4.78, 5) is 4.29. The molecule has 0 aliphatic heterocycles. The topological polar surface area (TPSA) is 43.8 Å². The van der Waals surface area contributed by atoms with E-state index in [2.05, 4.69) is 4.98 Å². The quantitative estimate of drug-likeness (QED) is 0.863. The van der Waals surface area contributed by atoms with Gasteiger partial charge in [-0.1, -0.05) is 23.7 Å². The van der Waals surface area contributed by atoms with Gasteiger partial charge in [0.2, 0.25) is 0 Å². The molecule has 1 aromatic heterocycles. The molecule has 0 fully saturated rings. The first-order chi connectivity index (χ1) is 7.33. The van der Waals surface area contributed by atoms with Crippen LogP contribution < -0.4 is 5.73 Å². The van der Waals surface area contributed by atoms with Crippen molar-refractivity contribution < 1.29 is 0 Å². The second-order valence-corrected chi connectivity index (χ2v) is 3.62. The Morgan fingerprint density at radius 3 is 2.87 bits per heavy atom. The standard InChI is InChI=1S/C11H12ClN3/c12-10-4-2-1-3-9(10)11-14-6-8-15(11)7-5-13/h1-4,6,8H,5,7,13H2. The Hall–Kier alpha value is -1.32. The third-order valence-electron chi connectivity index (χ3n) is 2.20. The smallest absolute Gasteiger partial charge is 0.141 e. The molecule has 1 aromatic carbocycles. The number of nitrogens with zero attached hydrogens (tertiary/aromatic N) is 2. The zero-order chi connectivity index (χ0) is 10.7. The molecule has 0 atom stereocenters. The van der Waals surface area contributed by atoms with Crippen molar-refractivity contribution in [1.82, 2.24) is 9.55 Å². The van der Waals surface area contributed by atoms with Crippen LogP contribution in [0.15, 0.2) is 36.7 Å². The fraction of sp³-hybridized carbons (Fsp3) is 0.182. The van der Waals surface area contributed by atoms with Crippen LogP contribution in [0.5, 0.6) is 0 Å². The number of halogens is 1. The lowest BCUT2D eigenvalue weighted by atomic mass is 10.2. The van der Waals surface area contributed by atoms with E-state index in [-0.39, 0.29) is 0 Å². The van der Waals surface area contributed by atoms with E-state index in [4.69, 9.17) is 17.3 Å². The summed E-state index contributed by atoms with van der Waals surface area (Å²) in [7, 11) is 0. The number of hydrogen-bond acceptors (Lipinski definition) is 2. The second-order valence-electron chi connectivity index (χ2n) is 3.21. The maximum Gasteiger partial charge on any atom is 0.141 e. The minimum Gasteiger partial charge on any atom is -0.330 e. The fourth-order valence-corrected chi connectivity index (χ4v) is 1.74. The molecule has 3 nitrogen and oxygen atoms in total. The Morgan fingerprint density at radius 2 is 2.13 bits per heavy atom. The molecule has 0 saturated heterocycles. The molecule has 78 valence electrons. The van der Waals surface area contributed by atoms with Gasteiger partial charge in [-0.3, -0.25) is 0 Å². The number of nitrogens with two attached hydrogens (primary N) is 1. The van der Waals surface area contributed by atoms with Gasteiger partial charge >= 0.3 is 0 Å². The van der Waals surface area contributed by atoms with Crippen molar-refractivity contribution in [2.24, 2.45) is 5.73 Å². The fourth-order valence-electron chi connectivity index (χ4n) is 1.52. The van der Waals surface area contributed by atoms with Crippen molar-refractivity contribution >= 4 is 11.6 Å². The van der Waals surface area contributed by atoms with Crippen molar-refractivity contribution in [2.75, 3.05) is 6.54 Å². The summed E-state index contributed by atoms with van der Waals surface area (Å²) in [6, 6.07) is 7.67. The van der Waals surface area contributed by atoms with E-state index in [1.54, 1.807) is 6.20 Å². The summed E-state index contributed by atoms with van der Waals surface area (Å²) in [5.41, 5.74) is 6.47. The molecule has 0 bridgehead atoms. The molecule has 1 heterocycles. The zero-order valence-electron chi connectivity index (χ0n) is 8.23. The van der Waals surface area contributed by atoms with Gasteiger partial charge in [0.1, 0.15) is 5.82 Å². The monoisotopic (exact) mass is 221 g/mol. The summed E-state index contributed by atoms with van der Waals surface area (Å²) in [6.45, 7) is 1.34. The molecule has 2 rings (SSSR count). The molecule has 4 heteroatoms. The number of hydrogen-bond donors (Lipinski definition) is 1. The number of benzene rings is 1. The molecule has 0 radical (unpaired) electrons. The molecular formula is C11H12ClN3. The van der Waals surface area contributed by atoms with E-state index in [0.29, 0.717) is 11.6 Å². The van der Waals surface area contributed by atoms with Crippen LogP contribution in [-0.4, -0.2) is 16.1 Å². The summed E-state index contributed by atoms with van der Waals surface area (Å²) >= 11 is 6.10. The van der Waals surface area contributed by atoms with E-state index >= 15 is 0 Å². The highest BCUT2D eigenvalue weighted by Gasteiger charge is 2.08. The molecule has 0 aliphatic rings. The van der Waals surface area contributed by atoms with Crippen LogP contribution in [0.3, 0.4) is 0 Å². The minimum atomic E-state index is 0.591. The van der Waals surface area contributed by atoms with Crippen LogP contribution in [0.4, 0.5) is 0 Å². The maximum absolute atomic E-state index is 6.10. The van der Waals surface area contributed by atoms with Crippen LogP contribution in [0.25, 0.3) is 11.4 Å². The lowest BCUT2D eigenvalue weighted by molar-refractivity contribution is 0.715. The van der Waals surface area contributed by atoms with Crippen LogP contribution in [0, 0.1) is 0 Å². The Balaban J connectivity index is 2.45. The summed E-state index contributed by atoms with van der Waals surface area (Å²) < 4.78 is 2.00. The second kappa shape index (κ2) is 4.47. The Labute approximate surface area is 93.5 Å². The third kappa shape index (κ3) is 2.03. The molecular weight excluding hydrogens is 210 g/mol. The van der Waals surface area contributed by atoms with Crippen molar-refractivity contribution in [2.45, 2.75) is 6.54 Å². The van der Waals surface area contributed by atoms with Gasteiger partial charge in [-0.25, -0.2) is 4.98 Å². The van der Waals surface area contributed by atoms with E-state index in [1.165, 1.54) is 0 Å². The SMILES string of the molecule is NCCn1ccnc1-c1ccccc1Cl. The Morgan fingerprint density at radius 1 is 1.33 bits per heavy atom. The normalized spacial score (nSPS) is 10.5. The number of imidazole rings is 1. The van der Waals surface area contributed by atoms with Crippen molar-refractivity contribution in [1.29, 1.82) is 0 Å². The first kappa shape index (κ1) is 10.2. The molecule has 0 amide bonds. The highest BCUT2D eigenvalue weighted by Crippen LogP contribution is 2.25. The largest absolute Gasteiger partial charge is 0.330 e. The molecule has 0 spiro atoms. The molecule has 2 aromatic rings. The van der Waals surface area contributed by atoms with E-state index < -0.39 is 0 Å². The van der Waals surface area contributed by atoms with Crippen molar-refractivity contribution in [3.8, 4) is 11.4 Å². The molecule has 0 unspecified atom stereocenters. The van der Waals surface area contributed by atoms with Gasteiger partial charge in [-0.2, -0.15) is 0 Å². The van der Waals surface area contributed by atoms with Crippen molar-refractivity contribution in [3.05, 3.63) is 41.7 Å². The molecule has 0 aliphatic carbocycles. The first-order valence-corrected chi connectivity index (χ1v) is 5.17. The van der Waals surface area contributed by atoms with E-state index in [9.17, 15) is 0 Å².